The van der Waals surface area contributed by atoms with Gasteiger partial charge < -0.3 is 19.2 Å². The lowest BCUT2D eigenvalue weighted by molar-refractivity contribution is 0.158. The molecule has 3 aromatic carbocycles. The number of hydrogen-bond acceptors (Lipinski definition) is 4. The van der Waals surface area contributed by atoms with Crippen LogP contribution in [-0.4, -0.2) is 30.6 Å². The van der Waals surface area contributed by atoms with E-state index in [0.717, 1.165) is 48.7 Å². The fourth-order valence-corrected chi connectivity index (χ4v) is 7.05. The van der Waals surface area contributed by atoms with Crippen LogP contribution in [0.15, 0.2) is 60.7 Å². The fourth-order valence-electron chi connectivity index (χ4n) is 7.05. The monoisotopic (exact) mass is 1120 g/mol. The molecular weight excluding hydrogens is 1080 g/mol. The van der Waals surface area contributed by atoms with Crippen LogP contribution in [0.2, 0.25) is 0 Å². The molecule has 0 bridgehead atoms. The number of para-hydroxylation sites is 1. The molecule has 0 fully saturated rings. The molecule has 0 aliphatic carbocycles. The lowest BCUT2D eigenvalue weighted by Crippen LogP contribution is -2.39. The Morgan fingerprint density at radius 2 is 0.753 bits per heavy atom. The lowest BCUT2D eigenvalue weighted by atomic mass is 9.85. The number of nitrogens with zero attached hydrogens (tertiary/aromatic N) is 1. The Hall–Kier alpha value is -15.3. The van der Waals surface area contributed by atoms with Crippen molar-refractivity contribution in [3.8, 4) is 337 Å². The van der Waals surface area contributed by atoms with Crippen molar-refractivity contribution in [2.75, 3.05) is 20.8 Å². The van der Waals surface area contributed by atoms with Crippen molar-refractivity contribution in [3.63, 3.8) is 0 Å². The van der Waals surface area contributed by atoms with E-state index in [1.165, 1.54) is 33.3 Å². The third-order valence-corrected chi connectivity index (χ3v) is 10.5. The van der Waals surface area contributed by atoms with Crippen molar-refractivity contribution in [1.29, 1.82) is 0 Å². The second-order valence-electron chi connectivity index (χ2n) is 15.9. The van der Waals surface area contributed by atoms with E-state index in [9.17, 15) is 0 Å². The molecule has 0 radical (unpaired) electrons. The molecule has 0 saturated carbocycles. The summed E-state index contributed by atoms with van der Waals surface area (Å²) in [4.78, 5) is 6.24. The average molecular weight is 1120 g/mol. The molecule has 2 aliphatic rings. The van der Waals surface area contributed by atoms with Crippen molar-refractivity contribution < 1.29 is 14.2 Å². The van der Waals surface area contributed by atoms with E-state index >= 15 is 0 Å². The Morgan fingerprint density at radius 3 is 1.09 bits per heavy atom. The molecule has 398 valence electrons. The van der Waals surface area contributed by atoms with Gasteiger partial charge in [0.2, 0.25) is 0 Å². The summed E-state index contributed by atoms with van der Waals surface area (Å²) in [5, 5.41) is 1.35. The molecule has 6 rings (SSSR count). The summed E-state index contributed by atoms with van der Waals surface area (Å²) in [5.41, 5.74) is 7.89. The quantitative estimate of drug-likeness (QED) is 0.231. The van der Waals surface area contributed by atoms with Gasteiger partial charge in [0.1, 0.15) is 12.4 Å². The van der Waals surface area contributed by atoms with Crippen LogP contribution >= 0.6 is 0 Å². The van der Waals surface area contributed by atoms with Gasteiger partial charge in [-0.2, -0.15) is 0 Å². The largest absolute Gasteiger partial charge is 0.497 e. The highest BCUT2D eigenvalue weighted by Gasteiger charge is 2.34. The van der Waals surface area contributed by atoms with E-state index in [2.05, 4.69) is 366 Å². The van der Waals surface area contributed by atoms with Crippen molar-refractivity contribution in [1.82, 2.24) is 9.88 Å². The van der Waals surface area contributed by atoms with Gasteiger partial charge >= 0.3 is 0 Å². The summed E-state index contributed by atoms with van der Waals surface area (Å²) in [5.74, 6) is 138. The summed E-state index contributed by atoms with van der Waals surface area (Å²) in [6.45, 7) is 5.88. The van der Waals surface area contributed by atoms with Crippen LogP contribution < -0.4 is 14.2 Å². The number of aromatic amines is 1. The smallest absolute Gasteiger partial charge is 0.161 e. The van der Waals surface area contributed by atoms with Crippen LogP contribution in [0, 0.1) is 320 Å². The number of benzene rings is 3. The molecule has 1 unspecified atom stereocenters. The second-order valence-corrected chi connectivity index (χ2v) is 15.9. The summed E-state index contributed by atoms with van der Waals surface area (Å²) in [6, 6.07) is 21.4. The lowest BCUT2D eigenvalue weighted by Gasteiger charge is -2.40. The van der Waals surface area contributed by atoms with E-state index in [0.29, 0.717) is 12.6 Å². The number of H-pyrrole nitrogens is 1. The first-order valence-corrected chi connectivity index (χ1v) is 25.8. The molecule has 89 heavy (non-hydrogen) atoms. The zero-order valence-electron chi connectivity index (χ0n) is 48.1. The third kappa shape index (κ3) is 26.7. The molecule has 5 nitrogen and oxygen atoms in total. The Kier molecular flexibility index (Phi) is 30.8. The van der Waals surface area contributed by atoms with Gasteiger partial charge in [-0.15, -0.1) is 0 Å². The van der Waals surface area contributed by atoms with Gasteiger partial charge in [-0.1, -0.05) is 42.2 Å². The Morgan fingerprint density at radius 1 is 0.404 bits per heavy atom. The van der Waals surface area contributed by atoms with E-state index in [4.69, 9.17) is 14.2 Å². The molecule has 4 aromatic rings. The van der Waals surface area contributed by atoms with Gasteiger partial charge in [-0.3, -0.25) is 4.90 Å². The molecular formula is C84H34N2O3. The van der Waals surface area contributed by atoms with Crippen molar-refractivity contribution in [2.24, 2.45) is 0 Å². The highest BCUT2D eigenvalue weighted by Crippen LogP contribution is 2.44. The summed E-state index contributed by atoms with van der Waals surface area (Å²) >= 11 is 0. The zero-order valence-corrected chi connectivity index (χ0v) is 48.1. The number of fused-ring (bicyclic) bond motifs is 6. The predicted molar refractivity (Wildman–Crippen MR) is 350 cm³/mol. The fraction of sp³-hybridized carbons (Fsp3) is 0.119. The van der Waals surface area contributed by atoms with Gasteiger partial charge in [-0.25, -0.2) is 0 Å². The minimum Gasteiger partial charge on any atom is -0.497 e. The molecule has 0 spiro atoms. The predicted octanol–water partition coefficient (Wildman–Crippen LogP) is 6.54. The maximum absolute atomic E-state index is 6.21. The molecule has 1 N–H and O–H groups in total. The first-order valence-electron chi connectivity index (χ1n) is 25.8. The summed E-state index contributed by atoms with van der Waals surface area (Å²) in [7, 11) is 3.40. The van der Waals surface area contributed by atoms with E-state index < -0.39 is 0 Å². The van der Waals surface area contributed by atoms with Crippen LogP contribution in [0.5, 0.6) is 17.2 Å². The maximum Gasteiger partial charge on any atom is 0.161 e. The molecule has 1 atom stereocenters. The number of hydrogen-bond donors (Lipinski definition) is 1. The number of rotatable bonds is 5. The molecule has 1 aromatic heterocycles. The van der Waals surface area contributed by atoms with E-state index in [-0.39, 0.29) is 0 Å². The van der Waals surface area contributed by atoms with Crippen LogP contribution in [0.25, 0.3) is 10.9 Å². The van der Waals surface area contributed by atoms with E-state index in [1.807, 2.05) is 24.3 Å². The first kappa shape index (κ1) is 64.5. The molecule has 2 aliphatic heterocycles. The Bertz CT molecular complexity index is 5150. The van der Waals surface area contributed by atoms with Gasteiger partial charge in [0, 0.05) is 249 Å². The SMILES string of the molecule is CC#CC#CC#CC#CC#CC#CC#CC#CC#CC#CC#CC#CC#CC#CC#CC#CC#CC#CC#CC#CC#CC#CC#CC#CC#CC#CC#CC.COc1ccc(COc2cc3c(cc2OC)C2Cc4c([nH]c5ccccc45)CN2CC3)cc1. The van der Waals surface area contributed by atoms with E-state index in [1.54, 1.807) is 28.1 Å². The maximum atomic E-state index is 6.21. The van der Waals surface area contributed by atoms with Crippen molar-refractivity contribution in [3.05, 3.63) is 88.6 Å². The summed E-state index contributed by atoms with van der Waals surface area (Å²) < 4.78 is 17.2. The average Bonchev–Trinajstić information content (AvgIpc) is 1.98. The standard InChI is InChI=1S/C56H6.C28H28N2O3/c1-3-5-7-9-11-13-15-17-19-21-23-25-27-29-31-33-35-37-39-41-43-45-47-49-51-53-55-56-54-52-50-48-46-44-42-40-38-36-34-32-30-28-26-24-22-20-18-16-14-12-10-8-6-4-2;1-31-20-9-7-18(8-10-20)17-33-28-13-19-11-12-30-16-25-23(21-5-3-4-6-24(21)29-25)14-26(30)22(19)15-27(28)32-2/h1-2H3;3-10,13,15,26,29H,11-12,14,16-17H2,1-2H3. The molecule has 0 saturated heterocycles. The highest BCUT2D eigenvalue weighted by atomic mass is 16.5. The molecule has 5 heteroatoms. The molecule has 0 amide bonds. The number of ether oxygens (including phenoxy) is 3. The number of methoxy groups -OCH3 is 2. The first-order chi connectivity index (χ1) is 44.1. The van der Waals surface area contributed by atoms with Crippen molar-refractivity contribution >= 4 is 10.9 Å². The van der Waals surface area contributed by atoms with Gasteiger partial charge in [0.15, 0.2) is 11.5 Å². The summed E-state index contributed by atoms with van der Waals surface area (Å²) in [6.07, 6.45) is 2.03. The van der Waals surface area contributed by atoms with Gasteiger partial charge in [-0.05, 0) is 174 Å². The number of nitrogens with one attached hydrogen (secondary N) is 1. The Balaban J connectivity index is 0.000000364. The zero-order chi connectivity index (χ0) is 62.5. The second kappa shape index (κ2) is 42.6. The van der Waals surface area contributed by atoms with Crippen LogP contribution in [0.3, 0.4) is 0 Å². The van der Waals surface area contributed by atoms with Crippen LogP contribution in [0.4, 0.5) is 0 Å². The minimum atomic E-state index is 0.366. The van der Waals surface area contributed by atoms with Crippen molar-refractivity contribution in [2.45, 2.75) is 45.9 Å². The van der Waals surface area contributed by atoms with Gasteiger partial charge in [0.25, 0.3) is 0 Å². The highest BCUT2D eigenvalue weighted by molar-refractivity contribution is 5.85. The van der Waals surface area contributed by atoms with Crippen LogP contribution in [0.1, 0.15) is 47.8 Å². The van der Waals surface area contributed by atoms with Gasteiger partial charge in [0.05, 0.1) is 14.2 Å². The van der Waals surface area contributed by atoms with Crippen LogP contribution in [-0.2, 0) is 26.0 Å². The third-order valence-electron chi connectivity index (χ3n) is 10.5. The Labute approximate surface area is 524 Å². The normalized spacial score (nSPS) is 8.88. The number of aromatic nitrogens is 1. The topological polar surface area (TPSA) is 46.7 Å². The molecule has 3 heterocycles. The minimum absolute atomic E-state index is 0.366.